The van der Waals surface area contributed by atoms with Crippen LogP contribution in [-0.2, 0) is 4.74 Å². The average Bonchev–Trinajstić information content (AvgIpc) is 2.62. The zero-order valence-corrected chi connectivity index (χ0v) is 14.7. The highest BCUT2D eigenvalue weighted by Gasteiger charge is 2.23. The van der Waals surface area contributed by atoms with Gasteiger partial charge in [0, 0.05) is 11.1 Å². The van der Waals surface area contributed by atoms with Crippen LogP contribution in [-0.4, -0.2) is 23.6 Å². The first kappa shape index (κ1) is 17.7. The number of fused-ring (bicyclic) bond motifs is 1. The van der Waals surface area contributed by atoms with Crippen LogP contribution in [0.5, 0.6) is 0 Å². The molecule has 2 aromatic carbocycles. The summed E-state index contributed by atoms with van der Waals surface area (Å²) < 4.78 is 5.06. The Morgan fingerprint density at radius 1 is 1.04 bits per heavy atom. The van der Waals surface area contributed by atoms with Crippen LogP contribution in [0.1, 0.15) is 17.3 Å². The molecule has 26 heavy (non-hydrogen) atoms. The highest BCUT2D eigenvalue weighted by atomic mass is 35.5. The molecule has 2 amide bonds. The molecule has 0 aliphatic heterocycles. The second kappa shape index (κ2) is 7.84. The topological polar surface area (TPSA) is 80.3 Å². The summed E-state index contributed by atoms with van der Waals surface area (Å²) in [5.74, 6) is -0.647. The number of halogens is 1. The molecule has 6 nitrogen and oxygen atoms in total. The van der Waals surface area contributed by atoms with Crippen molar-refractivity contribution in [2.45, 2.75) is 6.92 Å². The normalized spacial score (nSPS) is 10.4. The van der Waals surface area contributed by atoms with Crippen LogP contribution in [0.25, 0.3) is 10.9 Å². The summed E-state index contributed by atoms with van der Waals surface area (Å²) in [4.78, 5) is 29.0. The molecule has 132 valence electrons. The molecule has 0 atom stereocenters. The van der Waals surface area contributed by atoms with Crippen molar-refractivity contribution >= 4 is 45.9 Å². The number of urea groups is 1. The molecule has 0 aliphatic carbocycles. The predicted molar refractivity (Wildman–Crippen MR) is 102 cm³/mol. The van der Waals surface area contributed by atoms with E-state index in [0.717, 1.165) is 0 Å². The highest BCUT2D eigenvalue weighted by Crippen LogP contribution is 2.32. The number of benzene rings is 2. The van der Waals surface area contributed by atoms with E-state index in [1.807, 2.05) is 6.07 Å². The summed E-state index contributed by atoms with van der Waals surface area (Å²) in [5, 5.41) is 5.97. The van der Waals surface area contributed by atoms with Crippen LogP contribution < -0.4 is 10.6 Å². The maximum absolute atomic E-state index is 12.4. The van der Waals surface area contributed by atoms with Crippen LogP contribution in [0, 0.1) is 0 Å². The molecule has 0 unspecified atom stereocenters. The molecular weight excluding hydrogens is 354 g/mol. The van der Waals surface area contributed by atoms with E-state index >= 15 is 0 Å². The Labute approximate surface area is 155 Å². The number of hydrogen-bond acceptors (Lipinski definition) is 4. The molecule has 0 saturated carbocycles. The number of anilines is 2. The molecule has 0 aliphatic rings. The van der Waals surface area contributed by atoms with E-state index in [9.17, 15) is 9.59 Å². The second-order valence-electron chi connectivity index (χ2n) is 5.34. The van der Waals surface area contributed by atoms with Crippen LogP contribution in [0.3, 0.4) is 0 Å². The van der Waals surface area contributed by atoms with E-state index in [1.54, 1.807) is 55.5 Å². The summed E-state index contributed by atoms with van der Waals surface area (Å²) in [5.41, 5.74) is 1.45. The number of carbonyl (C=O) groups is 2. The zero-order chi connectivity index (χ0) is 18.5. The van der Waals surface area contributed by atoms with Gasteiger partial charge in [0.05, 0.1) is 17.8 Å². The van der Waals surface area contributed by atoms with Crippen molar-refractivity contribution in [1.82, 2.24) is 4.98 Å². The standard InChI is InChI=1S/C19H16ClN3O3/c1-2-26-18(24)15-16(13-10-6-7-11-14(13)22-17(15)20)23-19(25)21-12-8-4-3-5-9-12/h3-11H,2H2,1H3,(H2,21,22,23,25). The lowest BCUT2D eigenvalue weighted by Crippen LogP contribution is -2.22. The number of rotatable bonds is 4. The fraction of sp³-hybridized carbons (Fsp3) is 0.105. The lowest BCUT2D eigenvalue weighted by Gasteiger charge is -2.15. The van der Waals surface area contributed by atoms with Gasteiger partial charge in [-0.25, -0.2) is 14.6 Å². The van der Waals surface area contributed by atoms with E-state index in [2.05, 4.69) is 15.6 Å². The predicted octanol–water partition coefficient (Wildman–Crippen LogP) is 4.71. The molecule has 1 aromatic heterocycles. The first-order chi connectivity index (χ1) is 12.6. The zero-order valence-electron chi connectivity index (χ0n) is 14.0. The van der Waals surface area contributed by atoms with Gasteiger partial charge in [-0.05, 0) is 25.1 Å². The number of nitrogens with zero attached hydrogens (tertiary/aromatic N) is 1. The number of amides is 2. The van der Waals surface area contributed by atoms with Gasteiger partial charge < -0.3 is 15.4 Å². The molecular formula is C19H16ClN3O3. The van der Waals surface area contributed by atoms with Gasteiger partial charge in [-0.2, -0.15) is 0 Å². The van der Waals surface area contributed by atoms with Crippen molar-refractivity contribution in [2.24, 2.45) is 0 Å². The van der Waals surface area contributed by atoms with Crippen LogP contribution >= 0.6 is 11.6 Å². The van der Waals surface area contributed by atoms with Crippen LogP contribution in [0.4, 0.5) is 16.2 Å². The highest BCUT2D eigenvalue weighted by molar-refractivity contribution is 6.34. The first-order valence-electron chi connectivity index (χ1n) is 7.98. The van der Waals surface area contributed by atoms with Gasteiger partial charge in [0.15, 0.2) is 0 Å². The molecule has 0 saturated heterocycles. The number of pyridine rings is 1. The van der Waals surface area contributed by atoms with E-state index in [1.165, 1.54) is 0 Å². The Morgan fingerprint density at radius 2 is 1.73 bits per heavy atom. The largest absolute Gasteiger partial charge is 0.462 e. The molecule has 0 bridgehead atoms. The summed E-state index contributed by atoms with van der Waals surface area (Å²) in [6.45, 7) is 1.87. The summed E-state index contributed by atoms with van der Waals surface area (Å²) in [6, 6.07) is 15.5. The Bertz CT molecular complexity index is 961. The molecule has 1 heterocycles. The van der Waals surface area contributed by atoms with Gasteiger partial charge in [-0.15, -0.1) is 0 Å². The quantitative estimate of drug-likeness (QED) is 0.515. The molecule has 3 aromatic rings. The fourth-order valence-corrected chi connectivity index (χ4v) is 2.76. The van der Waals surface area contributed by atoms with Gasteiger partial charge in [0.1, 0.15) is 10.7 Å². The molecule has 0 radical (unpaired) electrons. The smallest absolute Gasteiger partial charge is 0.343 e. The third kappa shape index (κ3) is 3.75. The molecule has 7 heteroatoms. The van der Waals surface area contributed by atoms with Crippen molar-refractivity contribution < 1.29 is 14.3 Å². The minimum atomic E-state index is -0.647. The number of hydrogen-bond donors (Lipinski definition) is 2. The van der Waals surface area contributed by atoms with E-state index in [4.69, 9.17) is 16.3 Å². The van der Waals surface area contributed by atoms with Crippen LogP contribution in [0.2, 0.25) is 5.15 Å². The number of carbonyl (C=O) groups excluding carboxylic acids is 2. The Balaban J connectivity index is 2.02. The number of ether oxygens (including phenoxy) is 1. The summed E-state index contributed by atoms with van der Waals surface area (Å²) >= 11 is 6.20. The molecule has 0 spiro atoms. The number of aromatic nitrogens is 1. The third-order valence-corrected chi connectivity index (χ3v) is 3.87. The number of esters is 1. The van der Waals surface area contributed by atoms with Gasteiger partial charge >= 0.3 is 12.0 Å². The third-order valence-electron chi connectivity index (χ3n) is 3.60. The Kier molecular flexibility index (Phi) is 5.34. The maximum Gasteiger partial charge on any atom is 0.343 e. The van der Waals surface area contributed by atoms with E-state index < -0.39 is 12.0 Å². The van der Waals surface area contributed by atoms with E-state index in [-0.39, 0.29) is 23.0 Å². The average molecular weight is 370 g/mol. The fourth-order valence-electron chi connectivity index (χ4n) is 2.50. The summed E-state index contributed by atoms with van der Waals surface area (Å²) in [7, 11) is 0. The lowest BCUT2D eigenvalue weighted by atomic mass is 10.1. The van der Waals surface area contributed by atoms with Crippen molar-refractivity contribution in [2.75, 3.05) is 17.2 Å². The number of para-hydroxylation sites is 2. The summed E-state index contributed by atoms with van der Waals surface area (Å²) in [6.07, 6.45) is 0. The van der Waals surface area contributed by atoms with Gasteiger partial charge in [0.25, 0.3) is 0 Å². The van der Waals surface area contributed by atoms with E-state index in [0.29, 0.717) is 16.6 Å². The first-order valence-corrected chi connectivity index (χ1v) is 8.36. The van der Waals surface area contributed by atoms with Crippen molar-refractivity contribution in [3.05, 3.63) is 65.3 Å². The Hall–Kier alpha value is -3.12. The van der Waals surface area contributed by atoms with Gasteiger partial charge in [0.2, 0.25) is 0 Å². The van der Waals surface area contributed by atoms with Crippen molar-refractivity contribution in [3.8, 4) is 0 Å². The Morgan fingerprint density at radius 3 is 2.46 bits per heavy atom. The SMILES string of the molecule is CCOC(=O)c1c(Cl)nc2ccccc2c1NC(=O)Nc1ccccc1. The second-order valence-corrected chi connectivity index (χ2v) is 5.69. The monoisotopic (exact) mass is 369 g/mol. The maximum atomic E-state index is 12.4. The number of nitrogens with one attached hydrogen (secondary N) is 2. The lowest BCUT2D eigenvalue weighted by molar-refractivity contribution is 0.0527. The molecule has 3 rings (SSSR count). The van der Waals surface area contributed by atoms with Gasteiger partial charge in [-0.1, -0.05) is 48.0 Å². The minimum Gasteiger partial charge on any atom is -0.462 e. The minimum absolute atomic E-state index is 0.0235. The van der Waals surface area contributed by atoms with Crippen molar-refractivity contribution in [1.29, 1.82) is 0 Å². The van der Waals surface area contributed by atoms with Crippen LogP contribution in [0.15, 0.2) is 54.6 Å². The molecule has 2 N–H and O–H groups in total. The van der Waals surface area contributed by atoms with Crippen molar-refractivity contribution in [3.63, 3.8) is 0 Å². The molecule has 0 fully saturated rings. The van der Waals surface area contributed by atoms with Gasteiger partial charge in [-0.3, -0.25) is 0 Å².